The molecule has 52 valence electrons. The van der Waals surface area contributed by atoms with E-state index in [1.165, 1.54) is 0 Å². The second kappa shape index (κ2) is 1.94. The van der Waals surface area contributed by atoms with Crippen molar-refractivity contribution in [1.82, 2.24) is 5.32 Å². The molecular formula is C7H8N2O. The third-order valence-corrected chi connectivity index (χ3v) is 1.81. The van der Waals surface area contributed by atoms with Gasteiger partial charge in [0, 0.05) is 12.1 Å². The highest BCUT2D eigenvalue weighted by Gasteiger charge is 2.21. The van der Waals surface area contributed by atoms with Crippen molar-refractivity contribution in [3.05, 3.63) is 11.3 Å². The van der Waals surface area contributed by atoms with Crippen molar-refractivity contribution in [1.29, 1.82) is 0 Å². The fourth-order valence-corrected chi connectivity index (χ4v) is 1.28. The Hall–Kier alpha value is -1.12. The minimum absolute atomic E-state index is 0.0535. The van der Waals surface area contributed by atoms with Gasteiger partial charge in [0.2, 0.25) is 0 Å². The summed E-state index contributed by atoms with van der Waals surface area (Å²) in [6.07, 6.45) is 3.56. The summed E-state index contributed by atoms with van der Waals surface area (Å²) in [6, 6.07) is 0. The molecule has 2 aliphatic heterocycles. The molecule has 3 nitrogen and oxygen atoms in total. The third kappa shape index (κ3) is 0.667. The van der Waals surface area contributed by atoms with Gasteiger partial charge in [-0.15, -0.1) is 0 Å². The second-order valence-electron chi connectivity index (χ2n) is 2.49. The monoisotopic (exact) mass is 136 g/mol. The van der Waals surface area contributed by atoms with Crippen LogP contribution in [-0.4, -0.2) is 18.7 Å². The topological polar surface area (TPSA) is 41.5 Å². The molecule has 0 bridgehead atoms. The van der Waals surface area contributed by atoms with E-state index in [0.29, 0.717) is 0 Å². The van der Waals surface area contributed by atoms with E-state index in [-0.39, 0.29) is 5.91 Å². The van der Waals surface area contributed by atoms with Crippen LogP contribution in [0.15, 0.2) is 16.3 Å². The standard InChI is InChI=1S/C7H8N2O/c10-7-5-2-1-3-8-6(5)4-9-7/h4,8H,1-3H2. The Bertz CT molecular complexity index is 232. The lowest BCUT2D eigenvalue weighted by atomic mass is 10.1. The molecule has 0 atom stereocenters. The normalized spacial score (nSPS) is 23.0. The maximum Gasteiger partial charge on any atom is 0.275 e. The lowest BCUT2D eigenvalue weighted by Crippen LogP contribution is -2.21. The van der Waals surface area contributed by atoms with Gasteiger partial charge in [-0.1, -0.05) is 0 Å². The number of carbonyl (C=O) groups excluding carboxylic acids is 1. The third-order valence-electron chi connectivity index (χ3n) is 1.81. The van der Waals surface area contributed by atoms with E-state index in [1.807, 2.05) is 0 Å². The zero-order valence-electron chi connectivity index (χ0n) is 5.55. The van der Waals surface area contributed by atoms with Gasteiger partial charge in [0.15, 0.2) is 0 Å². The lowest BCUT2D eigenvalue weighted by Gasteiger charge is -2.12. The van der Waals surface area contributed by atoms with Gasteiger partial charge in [-0.25, -0.2) is 4.99 Å². The zero-order valence-corrected chi connectivity index (χ0v) is 5.55. The van der Waals surface area contributed by atoms with Gasteiger partial charge in [-0.05, 0) is 12.8 Å². The van der Waals surface area contributed by atoms with Gasteiger partial charge in [0.25, 0.3) is 5.91 Å². The molecule has 3 heteroatoms. The van der Waals surface area contributed by atoms with E-state index in [1.54, 1.807) is 6.21 Å². The first kappa shape index (κ1) is 5.65. The van der Waals surface area contributed by atoms with Crippen LogP contribution in [0.3, 0.4) is 0 Å². The summed E-state index contributed by atoms with van der Waals surface area (Å²) in [6.45, 7) is 0.970. The Balaban J connectivity index is 2.36. The van der Waals surface area contributed by atoms with Gasteiger partial charge in [0.05, 0.1) is 11.9 Å². The number of nitrogens with one attached hydrogen (secondary N) is 1. The van der Waals surface area contributed by atoms with Crippen LogP contribution in [0.1, 0.15) is 12.8 Å². The number of amides is 1. The van der Waals surface area contributed by atoms with Crippen molar-refractivity contribution >= 4 is 12.1 Å². The van der Waals surface area contributed by atoms with Crippen molar-refractivity contribution < 1.29 is 4.79 Å². The fourth-order valence-electron chi connectivity index (χ4n) is 1.28. The minimum atomic E-state index is -0.0535. The number of hydrogen-bond acceptors (Lipinski definition) is 2. The van der Waals surface area contributed by atoms with Crippen LogP contribution >= 0.6 is 0 Å². The van der Waals surface area contributed by atoms with Crippen LogP contribution in [0.4, 0.5) is 0 Å². The van der Waals surface area contributed by atoms with Crippen LogP contribution in [0.5, 0.6) is 0 Å². The van der Waals surface area contributed by atoms with E-state index in [9.17, 15) is 4.79 Å². The molecule has 0 fully saturated rings. The molecule has 0 saturated carbocycles. The first-order chi connectivity index (χ1) is 4.88. The maximum atomic E-state index is 10.9. The van der Waals surface area contributed by atoms with Gasteiger partial charge in [-0.2, -0.15) is 0 Å². The van der Waals surface area contributed by atoms with E-state index >= 15 is 0 Å². The molecule has 2 aliphatic rings. The molecule has 0 aromatic rings. The summed E-state index contributed by atoms with van der Waals surface area (Å²) < 4.78 is 0. The molecule has 0 aromatic heterocycles. The van der Waals surface area contributed by atoms with Crippen LogP contribution in [0.25, 0.3) is 0 Å². The molecule has 0 saturated heterocycles. The summed E-state index contributed by atoms with van der Waals surface area (Å²) in [5.74, 6) is -0.0535. The second-order valence-corrected chi connectivity index (χ2v) is 2.49. The molecule has 2 heterocycles. The Kier molecular flexibility index (Phi) is 1.09. The van der Waals surface area contributed by atoms with Gasteiger partial charge < -0.3 is 5.32 Å². The highest BCUT2D eigenvalue weighted by Crippen LogP contribution is 2.18. The highest BCUT2D eigenvalue weighted by atomic mass is 16.1. The smallest absolute Gasteiger partial charge is 0.275 e. The minimum Gasteiger partial charge on any atom is -0.383 e. The quantitative estimate of drug-likeness (QED) is 0.518. The summed E-state index contributed by atoms with van der Waals surface area (Å²) in [5.41, 5.74) is 1.81. The lowest BCUT2D eigenvalue weighted by molar-refractivity contribution is -0.114. The Morgan fingerprint density at radius 2 is 2.50 bits per heavy atom. The SMILES string of the molecule is O=C1N=CC2=C1CCCN2. The van der Waals surface area contributed by atoms with Crippen molar-refractivity contribution in [3.63, 3.8) is 0 Å². The van der Waals surface area contributed by atoms with Crippen LogP contribution in [0, 0.1) is 0 Å². The predicted octanol–water partition coefficient (Wildman–Crippen LogP) is 0.235. The summed E-state index contributed by atoms with van der Waals surface area (Å²) in [4.78, 5) is 14.6. The predicted molar refractivity (Wildman–Crippen MR) is 37.8 cm³/mol. The van der Waals surface area contributed by atoms with Crippen LogP contribution in [0.2, 0.25) is 0 Å². The van der Waals surface area contributed by atoms with E-state index in [0.717, 1.165) is 30.7 Å². The Labute approximate surface area is 58.8 Å². The summed E-state index contributed by atoms with van der Waals surface area (Å²) in [7, 11) is 0. The average molecular weight is 136 g/mol. The molecule has 0 unspecified atom stereocenters. The number of nitrogens with zero attached hydrogens (tertiary/aromatic N) is 1. The molecule has 0 spiro atoms. The first-order valence-electron chi connectivity index (χ1n) is 3.43. The Morgan fingerprint density at radius 3 is 3.30 bits per heavy atom. The molecule has 0 radical (unpaired) electrons. The molecule has 1 amide bonds. The van der Waals surface area contributed by atoms with Crippen molar-refractivity contribution in [2.24, 2.45) is 4.99 Å². The number of rotatable bonds is 0. The number of carbonyl (C=O) groups is 1. The molecule has 0 aromatic carbocycles. The van der Waals surface area contributed by atoms with Crippen molar-refractivity contribution in [2.45, 2.75) is 12.8 Å². The number of allylic oxidation sites excluding steroid dienone is 1. The van der Waals surface area contributed by atoms with Crippen LogP contribution in [-0.2, 0) is 4.79 Å². The number of hydrogen-bond donors (Lipinski definition) is 1. The average Bonchev–Trinajstić information content (AvgIpc) is 2.34. The van der Waals surface area contributed by atoms with Gasteiger partial charge >= 0.3 is 0 Å². The molecule has 2 rings (SSSR count). The Morgan fingerprint density at radius 1 is 1.60 bits per heavy atom. The number of aliphatic imine (C=N–C) groups is 1. The maximum absolute atomic E-state index is 10.9. The molecule has 0 aliphatic carbocycles. The molecule has 10 heavy (non-hydrogen) atoms. The zero-order chi connectivity index (χ0) is 6.97. The van der Waals surface area contributed by atoms with E-state index in [2.05, 4.69) is 10.3 Å². The van der Waals surface area contributed by atoms with Gasteiger partial charge in [0.1, 0.15) is 0 Å². The largest absolute Gasteiger partial charge is 0.383 e. The fraction of sp³-hybridized carbons (Fsp3) is 0.429. The van der Waals surface area contributed by atoms with E-state index < -0.39 is 0 Å². The summed E-state index contributed by atoms with van der Waals surface area (Å²) in [5, 5.41) is 3.12. The van der Waals surface area contributed by atoms with Crippen molar-refractivity contribution in [2.75, 3.05) is 6.54 Å². The van der Waals surface area contributed by atoms with E-state index in [4.69, 9.17) is 0 Å². The molecule has 1 N–H and O–H groups in total. The van der Waals surface area contributed by atoms with Crippen molar-refractivity contribution in [3.8, 4) is 0 Å². The van der Waals surface area contributed by atoms with Crippen LogP contribution < -0.4 is 5.32 Å². The summed E-state index contributed by atoms with van der Waals surface area (Å²) >= 11 is 0. The highest BCUT2D eigenvalue weighted by molar-refractivity contribution is 6.10. The van der Waals surface area contributed by atoms with Gasteiger partial charge in [-0.3, -0.25) is 4.79 Å². The molecular weight excluding hydrogens is 128 g/mol. The first-order valence-corrected chi connectivity index (χ1v) is 3.43.